The fourth-order valence-corrected chi connectivity index (χ4v) is 3.54. The molecule has 1 atom stereocenters. The van der Waals surface area contributed by atoms with Gasteiger partial charge in [0.05, 0.1) is 4.90 Å². The Morgan fingerprint density at radius 1 is 1.40 bits per heavy atom. The van der Waals surface area contributed by atoms with Crippen LogP contribution in [0.15, 0.2) is 29.2 Å². The van der Waals surface area contributed by atoms with E-state index in [-0.39, 0.29) is 23.8 Å². The summed E-state index contributed by atoms with van der Waals surface area (Å²) in [6.45, 7) is 5.92. The lowest BCUT2D eigenvalue weighted by atomic mass is 9.92. The average Bonchev–Trinajstić information content (AvgIpc) is 2.27. The topological polar surface area (TPSA) is 72.2 Å². The van der Waals surface area contributed by atoms with Crippen LogP contribution in [0.2, 0.25) is 0 Å². The van der Waals surface area contributed by atoms with Gasteiger partial charge in [0.2, 0.25) is 10.0 Å². The van der Waals surface area contributed by atoms with Crippen molar-refractivity contribution in [2.75, 3.05) is 6.54 Å². The quantitative estimate of drug-likeness (QED) is 0.843. The summed E-state index contributed by atoms with van der Waals surface area (Å²) in [5, 5.41) is 0. The van der Waals surface area contributed by atoms with Crippen molar-refractivity contribution < 1.29 is 12.8 Å². The second-order valence-electron chi connectivity index (χ2n) is 5.43. The van der Waals surface area contributed by atoms with Gasteiger partial charge >= 0.3 is 0 Å². The van der Waals surface area contributed by atoms with E-state index in [2.05, 4.69) is 4.72 Å². The highest BCUT2D eigenvalue weighted by Crippen LogP contribution is 2.19. The average molecular weight is 325 g/mol. The van der Waals surface area contributed by atoms with Gasteiger partial charge in [-0.25, -0.2) is 17.5 Å². The molecule has 1 rings (SSSR count). The van der Waals surface area contributed by atoms with Gasteiger partial charge in [-0.3, -0.25) is 0 Å². The lowest BCUT2D eigenvalue weighted by Crippen LogP contribution is -2.51. The summed E-state index contributed by atoms with van der Waals surface area (Å²) in [4.78, 5) is -0.0871. The van der Waals surface area contributed by atoms with Gasteiger partial charge in [0.25, 0.3) is 0 Å². The maximum absolute atomic E-state index is 13.1. The van der Waals surface area contributed by atoms with Crippen LogP contribution in [-0.2, 0) is 10.0 Å². The molecule has 0 aliphatic carbocycles. The predicted molar refractivity (Wildman–Crippen MR) is 80.9 cm³/mol. The first-order valence-corrected chi connectivity index (χ1v) is 7.66. The minimum atomic E-state index is -3.77. The van der Waals surface area contributed by atoms with E-state index in [1.165, 1.54) is 18.2 Å². The van der Waals surface area contributed by atoms with Crippen molar-refractivity contribution >= 4 is 22.4 Å². The molecule has 7 heteroatoms. The predicted octanol–water partition coefficient (Wildman–Crippen LogP) is 2.29. The lowest BCUT2D eigenvalue weighted by molar-refractivity contribution is 0.344. The molecule has 1 aromatic rings. The van der Waals surface area contributed by atoms with Crippen LogP contribution >= 0.6 is 12.4 Å². The monoisotopic (exact) mass is 324 g/mol. The van der Waals surface area contributed by atoms with Gasteiger partial charge in [0.1, 0.15) is 5.82 Å². The maximum Gasteiger partial charge on any atom is 0.241 e. The molecule has 1 aromatic carbocycles. The van der Waals surface area contributed by atoms with Gasteiger partial charge in [0, 0.05) is 12.1 Å². The van der Waals surface area contributed by atoms with E-state index in [0.717, 1.165) is 6.07 Å². The maximum atomic E-state index is 13.1. The smallest absolute Gasteiger partial charge is 0.241 e. The zero-order valence-corrected chi connectivity index (χ0v) is 13.5. The summed E-state index contributed by atoms with van der Waals surface area (Å²) in [7, 11) is -3.77. The van der Waals surface area contributed by atoms with E-state index in [1.54, 1.807) is 6.92 Å². The van der Waals surface area contributed by atoms with Crippen LogP contribution < -0.4 is 10.5 Å². The summed E-state index contributed by atoms with van der Waals surface area (Å²) in [5.74, 6) is -0.287. The van der Waals surface area contributed by atoms with Crippen molar-refractivity contribution in [2.24, 2.45) is 11.7 Å². The first-order valence-electron chi connectivity index (χ1n) is 6.18. The minimum absolute atomic E-state index is 0. The number of nitrogens with one attached hydrogen (secondary N) is 1. The Kier molecular flexibility index (Phi) is 7.10. The van der Waals surface area contributed by atoms with Gasteiger partial charge in [-0.1, -0.05) is 19.9 Å². The van der Waals surface area contributed by atoms with E-state index in [1.807, 2.05) is 13.8 Å². The third kappa shape index (κ3) is 5.36. The van der Waals surface area contributed by atoms with Crippen molar-refractivity contribution in [1.29, 1.82) is 0 Å². The van der Waals surface area contributed by atoms with Gasteiger partial charge < -0.3 is 5.73 Å². The van der Waals surface area contributed by atoms with E-state index >= 15 is 0 Å². The van der Waals surface area contributed by atoms with E-state index in [4.69, 9.17) is 5.73 Å². The van der Waals surface area contributed by atoms with Gasteiger partial charge in [-0.2, -0.15) is 0 Å². The molecule has 0 fully saturated rings. The molecule has 0 aliphatic heterocycles. The molecule has 0 amide bonds. The standard InChI is InChI=1S/C13H21FN2O2S.ClH/c1-10(2)8-13(3,9-15)16-19(17,18)12-6-4-5-11(14)7-12;/h4-7,10,16H,8-9,15H2,1-3H3;1H. The summed E-state index contributed by atoms with van der Waals surface area (Å²) < 4.78 is 40.1. The molecule has 0 saturated carbocycles. The van der Waals surface area contributed by atoms with Crippen LogP contribution in [0.25, 0.3) is 0 Å². The summed E-state index contributed by atoms with van der Waals surface area (Å²) >= 11 is 0. The molecule has 0 bridgehead atoms. The Morgan fingerprint density at radius 2 is 2.00 bits per heavy atom. The van der Waals surface area contributed by atoms with E-state index in [0.29, 0.717) is 12.3 Å². The molecule has 0 saturated heterocycles. The fraction of sp³-hybridized carbons (Fsp3) is 0.538. The molecule has 1 unspecified atom stereocenters. The normalized spacial score (nSPS) is 14.7. The highest BCUT2D eigenvalue weighted by molar-refractivity contribution is 7.89. The zero-order valence-electron chi connectivity index (χ0n) is 11.9. The summed E-state index contributed by atoms with van der Waals surface area (Å²) in [6.07, 6.45) is 0.609. The number of sulfonamides is 1. The fourth-order valence-electron chi connectivity index (χ4n) is 2.09. The number of nitrogens with two attached hydrogens (primary N) is 1. The second kappa shape index (κ2) is 7.36. The van der Waals surface area contributed by atoms with Crippen LogP contribution in [0.5, 0.6) is 0 Å². The van der Waals surface area contributed by atoms with Gasteiger partial charge in [-0.05, 0) is 37.5 Å². The Balaban J connectivity index is 0.00000361. The molecule has 0 spiro atoms. The van der Waals surface area contributed by atoms with Crippen LogP contribution in [-0.4, -0.2) is 20.5 Å². The Hall–Kier alpha value is -0.690. The van der Waals surface area contributed by atoms with Crippen LogP contribution in [0.3, 0.4) is 0 Å². The number of benzene rings is 1. The summed E-state index contributed by atoms with van der Waals surface area (Å²) in [5.41, 5.74) is 4.93. The molecular formula is C13H22ClFN2O2S. The van der Waals surface area contributed by atoms with Crippen LogP contribution in [0, 0.1) is 11.7 Å². The third-order valence-electron chi connectivity index (χ3n) is 2.80. The molecule has 0 aliphatic rings. The van der Waals surface area contributed by atoms with E-state index in [9.17, 15) is 12.8 Å². The molecule has 0 radical (unpaired) electrons. The van der Waals surface area contributed by atoms with E-state index < -0.39 is 21.4 Å². The number of rotatable bonds is 6. The zero-order chi connectivity index (χ0) is 14.7. The second-order valence-corrected chi connectivity index (χ2v) is 7.11. The van der Waals surface area contributed by atoms with Gasteiger partial charge in [0.15, 0.2) is 0 Å². The Bertz CT molecular complexity index is 537. The SMILES string of the molecule is CC(C)CC(C)(CN)NS(=O)(=O)c1cccc(F)c1.Cl. The van der Waals surface area contributed by atoms with Crippen molar-refractivity contribution in [3.8, 4) is 0 Å². The van der Waals surface area contributed by atoms with Crippen molar-refractivity contribution in [1.82, 2.24) is 4.72 Å². The molecule has 116 valence electrons. The molecule has 0 aromatic heterocycles. The van der Waals surface area contributed by atoms with Crippen LogP contribution in [0.1, 0.15) is 27.2 Å². The molecule has 3 N–H and O–H groups in total. The highest BCUT2D eigenvalue weighted by Gasteiger charge is 2.30. The van der Waals surface area contributed by atoms with Crippen LogP contribution in [0.4, 0.5) is 4.39 Å². The van der Waals surface area contributed by atoms with Crippen molar-refractivity contribution in [2.45, 2.75) is 37.6 Å². The number of halogens is 2. The van der Waals surface area contributed by atoms with Gasteiger partial charge in [-0.15, -0.1) is 12.4 Å². The molecule has 0 heterocycles. The number of hydrogen-bond acceptors (Lipinski definition) is 3. The first kappa shape index (κ1) is 19.3. The number of hydrogen-bond donors (Lipinski definition) is 2. The van der Waals surface area contributed by atoms with Crippen molar-refractivity contribution in [3.05, 3.63) is 30.1 Å². The Labute approximate surface area is 126 Å². The molecule has 20 heavy (non-hydrogen) atoms. The molecular weight excluding hydrogens is 303 g/mol. The highest BCUT2D eigenvalue weighted by atomic mass is 35.5. The third-order valence-corrected chi connectivity index (χ3v) is 4.43. The van der Waals surface area contributed by atoms with Crippen molar-refractivity contribution in [3.63, 3.8) is 0 Å². The summed E-state index contributed by atoms with van der Waals surface area (Å²) in [6, 6.07) is 4.92. The largest absolute Gasteiger partial charge is 0.329 e. The lowest BCUT2D eigenvalue weighted by Gasteiger charge is -2.30. The first-order chi connectivity index (χ1) is 8.68. The molecule has 4 nitrogen and oxygen atoms in total. The minimum Gasteiger partial charge on any atom is -0.329 e. The Morgan fingerprint density at radius 3 is 2.45 bits per heavy atom.